The molecule has 0 aromatic carbocycles. The fourth-order valence-corrected chi connectivity index (χ4v) is 1.90. The van der Waals surface area contributed by atoms with Crippen LogP contribution in [0.1, 0.15) is 0 Å². The Labute approximate surface area is 127 Å². The summed E-state index contributed by atoms with van der Waals surface area (Å²) in [4.78, 5) is 7.90. The molecule has 0 saturated heterocycles. The average molecular weight is 480 g/mol. The molecule has 88 valence electrons. The summed E-state index contributed by atoms with van der Waals surface area (Å²) >= 11 is 13.1. The molecule has 0 aliphatic rings. The van der Waals surface area contributed by atoms with Crippen molar-refractivity contribution >= 4 is 63.7 Å². The molecule has 2 aromatic heterocycles. The van der Waals surface area contributed by atoms with E-state index >= 15 is 0 Å². The third-order valence-corrected chi connectivity index (χ3v) is 5.74. The molecule has 4 nitrogen and oxygen atoms in total. The molecule has 16 heavy (non-hydrogen) atoms. The van der Waals surface area contributed by atoms with Crippen molar-refractivity contribution < 1.29 is 0 Å². The van der Waals surface area contributed by atoms with E-state index in [-0.39, 0.29) is 0 Å². The van der Waals surface area contributed by atoms with Crippen LogP contribution in [0, 0.1) is 0 Å². The van der Waals surface area contributed by atoms with Crippen LogP contribution in [0.25, 0.3) is 0 Å². The first-order valence-electron chi connectivity index (χ1n) is 4.08. The molecule has 0 radical (unpaired) electrons. The van der Waals surface area contributed by atoms with Crippen LogP contribution in [-0.2, 0) is 14.1 Å². The number of aryl methyl sites for hydroxylation is 2. The molecule has 2 heterocycles. The largest absolute Gasteiger partial charge is 0.328 e. The first kappa shape index (κ1) is 14.4. The molecule has 2 rings (SSSR count). The van der Waals surface area contributed by atoms with E-state index in [9.17, 15) is 0 Å². The Morgan fingerprint density at radius 3 is 1.19 bits per heavy atom. The molecule has 0 aliphatic heterocycles. The maximum atomic E-state index is 3.95. The second-order valence-corrected chi connectivity index (χ2v) is 5.88. The predicted octanol–water partition coefficient (Wildman–Crippen LogP) is 3.89. The Balaban J connectivity index is 0.000000160. The zero-order valence-corrected chi connectivity index (χ0v) is 14.8. The van der Waals surface area contributed by atoms with Gasteiger partial charge in [-0.1, -0.05) is 0 Å². The Bertz CT molecular complexity index is 393. The van der Waals surface area contributed by atoms with Crippen LogP contribution >= 0.6 is 63.7 Å². The molecule has 2 aromatic rings. The number of hydrogen-bond donors (Lipinski definition) is 0. The van der Waals surface area contributed by atoms with Crippen molar-refractivity contribution in [2.75, 3.05) is 0 Å². The topological polar surface area (TPSA) is 35.6 Å². The molecule has 0 fully saturated rings. The summed E-state index contributed by atoms with van der Waals surface area (Å²) in [6.07, 6.45) is 3.46. The Hall–Kier alpha value is 0.340. The maximum Gasteiger partial charge on any atom is 0.138 e. The van der Waals surface area contributed by atoms with Gasteiger partial charge in [0.2, 0.25) is 0 Å². The molecule has 0 N–H and O–H groups in total. The number of nitrogens with zero attached hydrogens (tertiary/aromatic N) is 4. The van der Waals surface area contributed by atoms with E-state index in [1.54, 1.807) is 12.7 Å². The summed E-state index contributed by atoms with van der Waals surface area (Å²) in [5.74, 6) is 0. The number of halogens is 4. The fourth-order valence-electron chi connectivity index (χ4n) is 0.774. The lowest BCUT2D eigenvalue weighted by molar-refractivity contribution is 0.890. The van der Waals surface area contributed by atoms with Crippen LogP contribution in [0.2, 0.25) is 0 Å². The van der Waals surface area contributed by atoms with Crippen LogP contribution in [0.3, 0.4) is 0 Å². The lowest BCUT2D eigenvalue weighted by Crippen LogP contribution is -1.81. The van der Waals surface area contributed by atoms with Gasteiger partial charge in [0.15, 0.2) is 0 Å². The molecule has 0 saturated carbocycles. The summed E-state index contributed by atoms with van der Waals surface area (Å²) in [6, 6.07) is 0. The predicted molar refractivity (Wildman–Crippen MR) is 77.2 cm³/mol. The van der Waals surface area contributed by atoms with Crippen LogP contribution in [-0.4, -0.2) is 19.1 Å². The zero-order valence-electron chi connectivity index (χ0n) is 8.46. The van der Waals surface area contributed by atoms with E-state index in [0.717, 1.165) is 18.4 Å². The monoisotopic (exact) mass is 476 g/mol. The summed E-state index contributed by atoms with van der Waals surface area (Å²) in [6.45, 7) is 0. The average Bonchev–Trinajstić information content (AvgIpc) is 2.70. The van der Waals surface area contributed by atoms with Crippen molar-refractivity contribution in [1.29, 1.82) is 0 Å². The van der Waals surface area contributed by atoms with E-state index in [0.29, 0.717) is 0 Å². The van der Waals surface area contributed by atoms with Gasteiger partial charge in [0.1, 0.15) is 18.4 Å². The highest BCUT2D eigenvalue weighted by molar-refractivity contribution is 9.13. The SMILES string of the molecule is Cn1cnc(Br)c1Br.Cn1cnc(Br)c1Br. The van der Waals surface area contributed by atoms with E-state index in [2.05, 4.69) is 73.7 Å². The number of aromatic nitrogens is 4. The van der Waals surface area contributed by atoms with Crippen molar-refractivity contribution in [3.8, 4) is 0 Å². The standard InChI is InChI=1S/2C4H4Br2N2/c2*1-8-2-7-3(5)4(8)6/h2*2H,1H3. The normalized spacial score (nSPS) is 9.88. The zero-order chi connectivity index (χ0) is 12.3. The molecule has 0 spiro atoms. The Morgan fingerprint density at radius 1 is 0.812 bits per heavy atom. The molecule has 0 bridgehead atoms. The van der Waals surface area contributed by atoms with Gasteiger partial charge < -0.3 is 9.13 Å². The second-order valence-electron chi connectivity index (χ2n) is 2.87. The fraction of sp³-hybridized carbons (Fsp3) is 0.250. The van der Waals surface area contributed by atoms with E-state index in [4.69, 9.17) is 0 Å². The minimum absolute atomic E-state index is 0.847. The highest BCUT2D eigenvalue weighted by atomic mass is 79.9. The van der Waals surface area contributed by atoms with E-state index in [1.807, 2.05) is 23.2 Å². The Kier molecular flexibility index (Phi) is 5.69. The minimum Gasteiger partial charge on any atom is -0.328 e. The number of hydrogen-bond acceptors (Lipinski definition) is 2. The smallest absolute Gasteiger partial charge is 0.138 e. The number of rotatable bonds is 0. The van der Waals surface area contributed by atoms with Crippen LogP contribution in [0.4, 0.5) is 0 Å². The van der Waals surface area contributed by atoms with Crippen molar-refractivity contribution in [2.24, 2.45) is 14.1 Å². The van der Waals surface area contributed by atoms with Gasteiger partial charge in [-0.05, 0) is 63.7 Å². The maximum absolute atomic E-state index is 3.95. The summed E-state index contributed by atoms with van der Waals surface area (Å²) in [5.41, 5.74) is 0. The number of imidazole rings is 2. The van der Waals surface area contributed by atoms with Gasteiger partial charge >= 0.3 is 0 Å². The van der Waals surface area contributed by atoms with Crippen molar-refractivity contribution in [3.63, 3.8) is 0 Å². The molecular formula is C8H8Br4N4. The van der Waals surface area contributed by atoms with Crippen molar-refractivity contribution in [3.05, 3.63) is 31.1 Å². The summed E-state index contributed by atoms with van der Waals surface area (Å²) < 4.78 is 7.39. The van der Waals surface area contributed by atoms with Gasteiger partial charge in [0.05, 0.1) is 12.7 Å². The third-order valence-electron chi connectivity index (χ3n) is 1.65. The van der Waals surface area contributed by atoms with Gasteiger partial charge in [-0.25, -0.2) is 9.97 Å². The molecule has 0 amide bonds. The summed E-state index contributed by atoms with van der Waals surface area (Å²) in [5, 5.41) is 0. The van der Waals surface area contributed by atoms with Crippen LogP contribution in [0.5, 0.6) is 0 Å². The van der Waals surface area contributed by atoms with Gasteiger partial charge in [-0.3, -0.25) is 0 Å². The van der Waals surface area contributed by atoms with E-state index < -0.39 is 0 Å². The van der Waals surface area contributed by atoms with Crippen molar-refractivity contribution in [1.82, 2.24) is 19.1 Å². The first-order valence-corrected chi connectivity index (χ1v) is 7.25. The highest BCUT2D eigenvalue weighted by Crippen LogP contribution is 2.19. The Morgan fingerprint density at radius 2 is 1.12 bits per heavy atom. The highest BCUT2D eigenvalue weighted by Gasteiger charge is 1.98. The van der Waals surface area contributed by atoms with Gasteiger partial charge in [0.25, 0.3) is 0 Å². The lowest BCUT2D eigenvalue weighted by Gasteiger charge is -1.87. The molecule has 0 atom stereocenters. The first-order chi connectivity index (χ1) is 7.43. The quantitative estimate of drug-likeness (QED) is 0.575. The van der Waals surface area contributed by atoms with Gasteiger partial charge in [0, 0.05) is 14.1 Å². The van der Waals surface area contributed by atoms with Gasteiger partial charge in [-0.2, -0.15) is 0 Å². The third kappa shape index (κ3) is 3.68. The molecular weight excluding hydrogens is 472 g/mol. The lowest BCUT2D eigenvalue weighted by atomic mass is 10.9. The van der Waals surface area contributed by atoms with Gasteiger partial charge in [-0.15, -0.1) is 0 Å². The van der Waals surface area contributed by atoms with Crippen LogP contribution in [0.15, 0.2) is 31.1 Å². The second kappa shape index (κ2) is 6.32. The van der Waals surface area contributed by atoms with E-state index in [1.165, 1.54) is 0 Å². The van der Waals surface area contributed by atoms with Crippen LogP contribution < -0.4 is 0 Å². The minimum atomic E-state index is 0.847. The summed E-state index contributed by atoms with van der Waals surface area (Å²) in [7, 11) is 3.84. The molecule has 8 heteroatoms. The molecule has 0 unspecified atom stereocenters. The molecule has 0 aliphatic carbocycles. The van der Waals surface area contributed by atoms with Crippen molar-refractivity contribution in [2.45, 2.75) is 0 Å².